The fraction of sp³-hybridized carbons (Fsp3) is 0.480. The van der Waals surface area contributed by atoms with Gasteiger partial charge in [-0.25, -0.2) is 14.6 Å². The third-order valence-corrected chi connectivity index (χ3v) is 6.72. The van der Waals surface area contributed by atoms with Crippen molar-refractivity contribution in [2.24, 2.45) is 0 Å². The SMILES string of the molecule is C=CC[C@H](NC(=O)OC(C)(C)C)c1nc(-c2ccc(NC(=O)O)cc2N)cn1COCC[Si](C)(C)C. The lowest BCUT2D eigenvalue weighted by Gasteiger charge is -2.23. The van der Waals surface area contributed by atoms with E-state index < -0.39 is 31.9 Å². The van der Waals surface area contributed by atoms with Gasteiger partial charge < -0.3 is 30.2 Å². The minimum atomic E-state index is -1.26. The highest BCUT2D eigenvalue weighted by atomic mass is 28.3. The van der Waals surface area contributed by atoms with Gasteiger partial charge in [0.2, 0.25) is 0 Å². The number of nitrogens with zero attached hydrogens (tertiary/aromatic N) is 2. The van der Waals surface area contributed by atoms with E-state index in [9.17, 15) is 9.59 Å². The van der Waals surface area contributed by atoms with Gasteiger partial charge in [0.15, 0.2) is 0 Å². The summed E-state index contributed by atoms with van der Waals surface area (Å²) >= 11 is 0. The summed E-state index contributed by atoms with van der Waals surface area (Å²) < 4.78 is 13.3. The van der Waals surface area contributed by atoms with Crippen LogP contribution in [0.25, 0.3) is 11.3 Å². The van der Waals surface area contributed by atoms with Crippen molar-refractivity contribution in [1.29, 1.82) is 0 Å². The van der Waals surface area contributed by atoms with Crippen LogP contribution in [0, 0.1) is 0 Å². The highest BCUT2D eigenvalue weighted by Gasteiger charge is 2.25. The molecular formula is C25H39N5O5Si. The number of carbonyl (C=O) groups excluding carboxylic acids is 1. The van der Waals surface area contributed by atoms with E-state index in [1.807, 2.05) is 10.8 Å². The quantitative estimate of drug-likeness (QED) is 0.130. The number of nitrogens with one attached hydrogen (secondary N) is 2. The highest BCUT2D eigenvalue weighted by Crippen LogP contribution is 2.30. The number of nitrogen functional groups attached to an aromatic ring is 1. The van der Waals surface area contributed by atoms with Crippen LogP contribution < -0.4 is 16.4 Å². The Morgan fingerprint density at radius 2 is 2.00 bits per heavy atom. The highest BCUT2D eigenvalue weighted by molar-refractivity contribution is 6.76. The molecule has 0 aliphatic rings. The summed E-state index contributed by atoms with van der Waals surface area (Å²) in [6.45, 7) is 16.9. The largest absolute Gasteiger partial charge is 0.465 e. The molecule has 0 spiro atoms. The van der Waals surface area contributed by atoms with Gasteiger partial charge >= 0.3 is 12.2 Å². The van der Waals surface area contributed by atoms with E-state index >= 15 is 0 Å². The van der Waals surface area contributed by atoms with Crippen molar-refractivity contribution in [2.45, 2.75) is 71.3 Å². The van der Waals surface area contributed by atoms with Gasteiger partial charge in [-0.05, 0) is 51.4 Å². The molecule has 0 bridgehead atoms. The van der Waals surface area contributed by atoms with E-state index in [-0.39, 0.29) is 6.73 Å². The molecule has 11 heteroatoms. The molecule has 0 fully saturated rings. The molecule has 5 N–H and O–H groups in total. The Morgan fingerprint density at radius 3 is 2.56 bits per heavy atom. The predicted octanol–water partition coefficient (Wildman–Crippen LogP) is 5.68. The number of carboxylic acid groups (broad SMARTS) is 1. The second kappa shape index (κ2) is 12.1. The van der Waals surface area contributed by atoms with Crippen LogP contribution in [0.5, 0.6) is 0 Å². The number of benzene rings is 1. The van der Waals surface area contributed by atoms with Crippen LogP contribution >= 0.6 is 0 Å². The number of nitrogens with two attached hydrogens (primary N) is 1. The van der Waals surface area contributed by atoms with Crippen molar-refractivity contribution >= 4 is 31.6 Å². The molecule has 1 heterocycles. The van der Waals surface area contributed by atoms with Crippen molar-refractivity contribution < 1.29 is 24.2 Å². The summed E-state index contributed by atoms with van der Waals surface area (Å²) in [4.78, 5) is 28.3. The monoisotopic (exact) mass is 517 g/mol. The van der Waals surface area contributed by atoms with Crippen LogP contribution in [0.15, 0.2) is 37.1 Å². The molecule has 2 amide bonds. The molecule has 2 rings (SSSR count). The van der Waals surface area contributed by atoms with E-state index in [1.54, 1.807) is 39.0 Å². The molecule has 2 aromatic rings. The summed E-state index contributed by atoms with van der Waals surface area (Å²) in [6, 6.07) is 5.35. The number of amides is 2. The smallest absolute Gasteiger partial charge is 0.409 e. The summed E-state index contributed by atoms with van der Waals surface area (Å²) in [6.07, 6.45) is 2.19. The van der Waals surface area contributed by atoms with E-state index in [1.165, 1.54) is 6.07 Å². The Hall–Kier alpha value is -3.31. The standard InChI is InChI=1S/C25H39N5O5Si/c1-8-9-20(29-24(33)35-25(2,3)4)22-28-21(15-30(22)16-34-12-13-36(5,6)7)18-11-10-17(14-19(18)26)27-23(31)32/h8,10-11,14-15,20,27H,1,9,12-13,16,26H2,2-7H3,(H,29,33)(H,31,32)/t20-/m0/s1. The number of ether oxygens (including phenoxy) is 2. The zero-order valence-corrected chi connectivity index (χ0v) is 23.1. The predicted molar refractivity (Wildman–Crippen MR) is 145 cm³/mol. The zero-order chi connectivity index (χ0) is 27.1. The fourth-order valence-corrected chi connectivity index (χ4v) is 4.08. The number of alkyl carbamates (subject to hydrolysis) is 1. The van der Waals surface area contributed by atoms with Gasteiger partial charge in [-0.15, -0.1) is 6.58 Å². The van der Waals surface area contributed by atoms with Crippen LogP contribution in [0.4, 0.5) is 21.0 Å². The maximum Gasteiger partial charge on any atom is 0.409 e. The Bertz CT molecular complexity index is 1070. The Kier molecular flexibility index (Phi) is 9.71. The minimum Gasteiger partial charge on any atom is -0.465 e. The number of anilines is 2. The van der Waals surface area contributed by atoms with Gasteiger partial charge in [0.25, 0.3) is 0 Å². The second-order valence-electron chi connectivity index (χ2n) is 10.8. The third kappa shape index (κ3) is 9.38. The number of hydrogen-bond donors (Lipinski definition) is 4. The van der Waals surface area contributed by atoms with Crippen LogP contribution in [0.3, 0.4) is 0 Å². The van der Waals surface area contributed by atoms with Gasteiger partial charge in [-0.3, -0.25) is 5.32 Å². The van der Waals surface area contributed by atoms with Crippen LogP contribution in [-0.2, 0) is 16.2 Å². The molecule has 0 aliphatic heterocycles. The average molecular weight is 518 g/mol. The van der Waals surface area contributed by atoms with Crippen molar-refractivity contribution in [3.05, 3.63) is 42.9 Å². The van der Waals surface area contributed by atoms with Crippen LogP contribution in [0.1, 0.15) is 39.1 Å². The van der Waals surface area contributed by atoms with E-state index in [0.29, 0.717) is 41.5 Å². The maximum absolute atomic E-state index is 12.5. The molecule has 1 aromatic heterocycles. The van der Waals surface area contributed by atoms with Gasteiger partial charge in [0.05, 0.1) is 11.7 Å². The first-order valence-electron chi connectivity index (χ1n) is 11.8. The van der Waals surface area contributed by atoms with Gasteiger partial charge in [0, 0.05) is 37.8 Å². The first-order valence-corrected chi connectivity index (χ1v) is 15.5. The first-order chi connectivity index (χ1) is 16.7. The zero-order valence-electron chi connectivity index (χ0n) is 22.1. The molecule has 0 saturated carbocycles. The number of rotatable bonds is 11. The Balaban J connectivity index is 2.40. The molecule has 0 saturated heterocycles. The van der Waals surface area contributed by atoms with Crippen molar-refractivity contribution in [2.75, 3.05) is 17.7 Å². The van der Waals surface area contributed by atoms with Crippen LogP contribution in [0.2, 0.25) is 25.7 Å². The molecule has 36 heavy (non-hydrogen) atoms. The number of carbonyl (C=O) groups is 2. The molecule has 1 atom stereocenters. The van der Waals surface area contributed by atoms with Crippen molar-refractivity contribution in [3.8, 4) is 11.3 Å². The lowest BCUT2D eigenvalue weighted by Crippen LogP contribution is -2.36. The third-order valence-electron chi connectivity index (χ3n) is 5.02. The summed E-state index contributed by atoms with van der Waals surface area (Å²) in [7, 11) is -1.26. The number of hydrogen-bond acceptors (Lipinski definition) is 6. The first kappa shape index (κ1) is 28.9. The fourth-order valence-electron chi connectivity index (χ4n) is 3.33. The molecule has 198 valence electrons. The minimum absolute atomic E-state index is 0.245. The topological polar surface area (TPSA) is 141 Å². The van der Waals surface area contributed by atoms with Crippen molar-refractivity contribution in [1.82, 2.24) is 14.9 Å². The summed E-state index contributed by atoms with van der Waals surface area (Å²) in [5, 5.41) is 14.1. The normalized spacial score (nSPS) is 12.6. The number of imidazole rings is 1. The average Bonchev–Trinajstić information content (AvgIpc) is 3.12. The van der Waals surface area contributed by atoms with Gasteiger partial charge in [0.1, 0.15) is 18.2 Å². The molecule has 1 aromatic carbocycles. The summed E-state index contributed by atoms with van der Waals surface area (Å²) in [5.74, 6) is 0.566. The second-order valence-corrected chi connectivity index (χ2v) is 16.4. The lowest BCUT2D eigenvalue weighted by molar-refractivity contribution is 0.0492. The number of aromatic nitrogens is 2. The Labute approximate surface area is 213 Å². The van der Waals surface area contributed by atoms with Crippen molar-refractivity contribution in [3.63, 3.8) is 0 Å². The van der Waals surface area contributed by atoms with E-state index in [4.69, 9.17) is 25.3 Å². The molecule has 0 unspecified atom stereocenters. The molecular weight excluding hydrogens is 478 g/mol. The lowest BCUT2D eigenvalue weighted by atomic mass is 10.1. The molecule has 0 radical (unpaired) electrons. The Morgan fingerprint density at radius 1 is 1.31 bits per heavy atom. The maximum atomic E-state index is 12.5. The molecule has 0 aliphatic carbocycles. The van der Waals surface area contributed by atoms with Gasteiger partial charge in [-0.2, -0.15) is 0 Å². The summed E-state index contributed by atoms with van der Waals surface area (Å²) in [5.41, 5.74) is 7.49. The molecule has 10 nitrogen and oxygen atoms in total. The van der Waals surface area contributed by atoms with E-state index in [2.05, 4.69) is 36.9 Å². The van der Waals surface area contributed by atoms with Gasteiger partial charge in [-0.1, -0.05) is 25.7 Å². The van der Waals surface area contributed by atoms with Crippen LogP contribution in [-0.4, -0.2) is 47.1 Å². The van der Waals surface area contributed by atoms with E-state index in [0.717, 1.165) is 6.04 Å².